The lowest BCUT2D eigenvalue weighted by Gasteiger charge is -2.20. The summed E-state index contributed by atoms with van der Waals surface area (Å²) in [6, 6.07) is 6.60. The minimum Gasteiger partial charge on any atom is -0.505 e. The number of nitroso groups, excluding NO2 is 1. The van der Waals surface area contributed by atoms with Crippen LogP contribution in [0.4, 0.5) is 0 Å². The van der Waals surface area contributed by atoms with Crippen molar-refractivity contribution in [2.75, 3.05) is 0 Å². The molecule has 0 unspecified atom stereocenters. The Labute approximate surface area is 121 Å². The molecular weight excluding hydrogens is 280 g/mol. The van der Waals surface area contributed by atoms with Gasteiger partial charge in [-0.3, -0.25) is 5.21 Å². The van der Waals surface area contributed by atoms with Gasteiger partial charge in [-0.1, -0.05) is 11.6 Å². The Morgan fingerprint density at radius 1 is 1.30 bits per heavy atom. The molecule has 1 aromatic carbocycles. The summed E-state index contributed by atoms with van der Waals surface area (Å²) in [6.07, 6.45) is 1.87. The summed E-state index contributed by atoms with van der Waals surface area (Å²) in [5, 5.41) is 24.6. The van der Waals surface area contributed by atoms with Crippen LogP contribution < -0.4 is 0 Å². The number of hydroxylamine groups is 2. The normalized spacial score (nSPS) is 16.1. The van der Waals surface area contributed by atoms with Gasteiger partial charge in [0.2, 0.25) is 0 Å². The highest BCUT2D eigenvalue weighted by molar-refractivity contribution is 6.30. The highest BCUT2D eigenvalue weighted by atomic mass is 35.5. The maximum absolute atomic E-state index is 10.7. The van der Waals surface area contributed by atoms with Crippen molar-refractivity contribution in [2.24, 2.45) is 5.18 Å². The molecule has 0 heterocycles. The number of benzene rings is 1. The van der Waals surface area contributed by atoms with Crippen molar-refractivity contribution in [3.05, 3.63) is 56.8 Å². The summed E-state index contributed by atoms with van der Waals surface area (Å²) in [7, 11) is 0. The monoisotopic (exact) mass is 294 g/mol. The van der Waals surface area contributed by atoms with Crippen molar-refractivity contribution in [3.8, 4) is 0 Å². The third-order valence-electron chi connectivity index (χ3n) is 3.30. The fraction of sp³-hybridized carbons (Fsp3) is 0.286. The van der Waals surface area contributed by atoms with Crippen LogP contribution in [0.15, 0.2) is 46.5 Å². The Hall–Kier alpha value is -1.85. The average molecular weight is 295 g/mol. The molecule has 0 saturated carbocycles. The Bertz CT molecular complexity index is 579. The molecule has 0 aliphatic heterocycles. The fourth-order valence-electron chi connectivity index (χ4n) is 2.16. The van der Waals surface area contributed by atoms with Gasteiger partial charge in [0.1, 0.15) is 11.5 Å². The van der Waals surface area contributed by atoms with Crippen LogP contribution >= 0.6 is 11.6 Å². The molecule has 0 amide bonds. The lowest BCUT2D eigenvalue weighted by atomic mass is 10.1. The average Bonchev–Trinajstić information content (AvgIpc) is 2.94. The van der Waals surface area contributed by atoms with Crippen molar-refractivity contribution >= 4 is 17.4 Å². The summed E-state index contributed by atoms with van der Waals surface area (Å²) in [4.78, 5) is 10.7. The molecule has 0 radical (unpaired) electrons. The van der Waals surface area contributed by atoms with Gasteiger partial charge in [0.25, 0.3) is 0 Å². The lowest BCUT2D eigenvalue weighted by Crippen LogP contribution is -2.17. The first-order chi connectivity index (χ1) is 9.54. The van der Waals surface area contributed by atoms with Crippen LogP contribution in [0, 0.1) is 4.91 Å². The number of aliphatic hydroxyl groups excluding tert-OH is 1. The minimum absolute atomic E-state index is 0.0752. The van der Waals surface area contributed by atoms with Crippen LogP contribution in [0.3, 0.4) is 0 Å². The molecule has 0 bridgehead atoms. The molecule has 0 atom stereocenters. The van der Waals surface area contributed by atoms with E-state index in [-0.39, 0.29) is 11.5 Å². The first-order valence-corrected chi connectivity index (χ1v) is 6.62. The van der Waals surface area contributed by atoms with E-state index in [4.69, 9.17) is 11.6 Å². The van der Waals surface area contributed by atoms with Crippen LogP contribution in [-0.4, -0.2) is 15.4 Å². The Kier molecular flexibility index (Phi) is 4.42. The number of aliphatic hydroxyl groups is 1. The van der Waals surface area contributed by atoms with Gasteiger partial charge in [0, 0.05) is 10.6 Å². The largest absolute Gasteiger partial charge is 0.505 e. The second-order valence-corrected chi connectivity index (χ2v) is 5.03. The van der Waals surface area contributed by atoms with Crippen LogP contribution in [0.1, 0.15) is 31.7 Å². The van der Waals surface area contributed by atoms with E-state index < -0.39 is 0 Å². The third kappa shape index (κ3) is 2.84. The van der Waals surface area contributed by atoms with E-state index >= 15 is 0 Å². The topological polar surface area (TPSA) is 73.1 Å². The fourth-order valence-corrected chi connectivity index (χ4v) is 2.28. The van der Waals surface area contributed by atoms with Crippen LogP contribution in [0.5, 0.6) is 0 Å². The molecule has 2 rings (SSSR count). The maximum Gasteiger partial charge on any atom is 0.144 e. The van der Waals surface area contributed by atoms with Crippen LogP contribution in [0.25, 0.3) is 5.76 Å². The van der Waals surface area contributed by atoms with E-state index in [1.165, 1.54) is 0 Å². The SMILES string of the molecule is CC(=C(O)c1ccc(Cl)cc1)N(O)C1=C(N=O)CCC1. The molecule has 0 aromatic heterocycles. The molecule has 2 N–H and O–H groups in total. The number of hydrogen-bond acceptors (Lipinski definition) is 5. The molecule has 5 nitrogen and oxygen atoms in total. The molecule has 0 fully saturated rings. The zero-order chi connectivity index (χ0) is 14.7. The van der Waals surface area contributed by atoms with Gasteiger partial charge in [-0.05, 0) is 55.6 Å². The number of nitrogens with zero attached hydrogens (tertiary/aromatic N) is 2. The second-order valence-electron chi connectivity index (χ2n) is 4.59. The number of halogens is 1. The zero-order valence-corrected chi connectivity index (χ0v) is 11.8. The van der Waals surface area contributed by atoms with Gasteiger partial charge in [-0.25, -0.2) is 5.06 Å². The van der Waals surface area contributed by atoms with Gasteiger partial charge >= 0.3 is 0 Å². The predicted octanol–water partition coefficient (Wildman–Crippen LogP) is 4.44. The van der Waals surface area contributed by atoms with Crippen LogP contribution in [0.2, 0.25) is 5.02 Å². The number of allylic oxidation sites excluding steroid dienone is 3. The summed E-state index contributed by atoms with van der Waals surface area (Å²) in [6.45, 7) is 1.57. The Morgan fingerprint density at radius 3 is 2.55 bits per heavy atom. The highest BCUT2D eigenvalue weighted by Crippen LogP contribution is 2.32. The van der Waals surface area contributed by atoms with Crippen molar-refractivity contribution in [3.63, 3.8) is 0 Å². The second kappa shape index (κ2) is 6.07. The van der Waals surface area contributed by atoms with Crippen LogP contribution in [-0.2, 0) is 0 Å². The molecule has 106 valence electrons. The molecule has 20 heavy (non-hydrogen) atoms. The quantitative estimate of drug-likeness (QED) is 0.489. The Morgan fingerprint density at radius 2 is 1.95 bits per heavy atom. The van der Waals surface area contributed by atoms with Crippen molar-refractivity contribution in [1.82, 2.24) is 5.06 Å². The van der Waals surface area contributed by atoms with Gasteiger partial charge in [-0.15, -0.1) is 4.91 Å². The van der Waals surface area contributed by atoms with Gasteiger partial charge in [-0.2, -0.15) is 0 Å². The minimum atomic E-state index is -0.0752. The van der Waals surface area contributed by atoms with Crippen molar-refractivity contribution in [1.29, 1.82) is 0 Å². The number of hydrogen-bond donors (Lipinski definition) is 2. The summed E-state index contributed by atoms with van der Waals surface area (Å²) < 4.78 is 0. The predicted molar refractivity (Wildman–Crippen MR) is 77.0 cm³/mol. The molecule has 0 spiro atoms. The first-order valence-electron chi connectivity index (χ1n) is 6.24. The highest BCUT2D eigenvalue weighted by Gasteiger charge is 2.23. The molecule has 1 aliphatic carbocycles. The summed E-state index contributed by atoms with van der Waals surface area (Å²) >= 11 is 5.79. The lowest BCUT2D eigenvalue weighted by molar-refractivity contribution is -0.0226. The molecule has 1 aromatic rings. The number of rotatable bonds is 4. The zero-order valence-electron chi connectivity index (χ0n) is 11.0. The first kappa shape index (κ1) is 14.6. The van der Waals surface area contributed by atoms with Gasteiger partial charge in [0.05, 0.1) is 11.4 Å². The standard InChI is InChI=1S/C14H15ClN2O3/c1-9(14(18)10-5-7-11(15)8-6-10)17(20)13-4-2-3-12(13)16-19/h5-8,18,20H,2-4H2,1H3. The van der Waals surface area contributed by atoms with Gasteiger partial charge < -0.3 is 5.11 Å². The van der Waals surface area contributed by atoms with E-state index in [1.807, 2.05) is 0 Å². The third-order valence-corrected chi connectivity index (χ3v) is 3.56. The van der Waals surface area contributed by atoms with Gasteiger partial charge in [0.15, 0.2) is 0 Å². The van der Waals surface area contributed by atoms with E-state index in [9.17, 15) is 15.2 Å². The van der Waals surface area contributed by atoms with Crippen molar-refractivity contribution < 1.29 is 10.3 Å². The maximum atomic E-state index is 10.7. The van der Waals surface area contributed by atoms with E-state index in [1.54, 1.807) is 31.2 Å². The molecule has 0 saturated heterocycles. The summed E-state index contributed by atoms with van der Waals surface area (Å²) in [5.41, 5.74) is 1.55. The molecule has 6 heteroatoms. The van der Waals surface area contributed by atoms with Crippen molar-refractivity contribution in [2.45, 2.75) is 26.2 Å². The Balaban J connectivity index is 2.33. The molecule has 1 aliphatic rings. The summed E-state index contributed by atoms with van der Waals surface area (Å²) in [5.74, 6) is -0.0752. The smallest absolute Gasteiger partial charge is 0.144 e. The van der Waals surface area contributed by atoms with E-state index in [0.717, 1.165) is 11.5 Å². The molecular formula is C14H15ClN2O3. The van der Waals surface area contributed by atoms with E-state index in [0.29, 0.717) is 34.8 Å². The van der Waals surface area contributed by atoms with E-state index in [2.05, 4.69) is 5.18 Å².